The van der Waals surface area contributed by atoms with E-state index in [4.69, 9.17) is 0 Å². The first-order valence-corrected chi connectivity index (χ1v) is 8.89. The number of anilines is 2. The molecular weight excluding hydrogens is 328 g/mol. The molecule has 6 nitrogen and oxygen atoms in total. The molecule has 0 aliphatic heterocycles. The monoisotopic (exact) mass is 356 g/mol. The molecule has 1 aromatic heterocycles. The lowest BCUT2D eigenvalue weighted by Gasteiger charge is -2.13. The summed E-state index contributed by atoms with van der Waals surface area (Å²) in [5.74, 6) is 0.262. The molecule has 0 aliphatic carbocycles. The maximum Gasteiger partial charge on any atom is 0.228 e. The lowest BCUT2D eigenvalue weighted by atomic mass is 10.1. The van der Waals surface area contributed by atoms with Gasteiger partial charge in [0.05, 0.1) is 12.1 Å². The van der Waals surface area contributed by atoms with Crippen LogP contribution in [0.4, 0.5) is 11.4 Å². The number of hydrogen-bond acceptors (Lipinski definition) is 3. The van der Waals surface area contributed by atoms with Crippen molar-refractivity contribution in [1.29, 1.82) is 0 Å². The van der Waals surface area contributed by atoms with Crippen molar-refractivity contribution in [2.75, 3.05) is 10.6 Å². The van der Waals surface area contributed by atoms with E-state index in [0.29, 0.717) is 17.3 Å². The van der Waals surface area contributed by atoms with E-state index in [1.165, 1.54) is 6.92 Å². The van der Waals surface area contributed by atoms with Crippen LogP contribution in [0.15, 0.2) is 18.2 Å². The molecule has 2 N–H and O–H groups in total. The Bertz CT molecular complexity index is 821. The Morgan fingerprint density at radius 2 is 1.73 bits per heavy atom. The Balaban J connectivity index is 2.15. The average molecular weight is 356 g/mol. The minimum atomic E-state index is -0.139. The highest BCUT2D eigenvalue weighted by Gasteiger charge is 2.16. The summed E-state index contributed by atoms with van der Waals surface area (Å²) in [6.45, 7) is 12.4. The van der Waals surface area contributed by atoms with Crippen molar-refractivity contribution in [3.05, 3.63) is 40.7 Å². The van der Waals surface area contributed by atoms with E-state index in [9.17, 15) is 9.59 Å². The third-order valence-electron chi connectivity index (χ3n) is 4.33. The number of amides is 2. The van der Waals surface area contributed by atoms with Crippen LogP contribution in [0, 0.1) is 26.7 Å². The molecule has 0 saturated carbocycles. The summed E-state index contributed by atoms with van der Waals surface area (Å²) in [5.41, 5.74) is 5.13. The predicted octanol–water partition coefficient (Wildman–Crippen LogP) is 3.60. The molecule has 0 fully saturated rings. The number of nitrogens with zero attached hydrogens (tertiary/aromatic N) is 2. The summed E-state index contributed by atoms with van der Waals surface area (Å²) in [6, 6.07) is 5.46. The van der Waals surface area contributed by atoms with Crippen LogP contribution in [-0.4, -0.2) is 21.6 Å². The fraction of sp³-hybridized carbons (Fsp3) is 0.450. The molecule has 2 rings (SSSR count). The molecule has 2 aromatic rings. The third kappa shape index (κ3) is 4.71. The van der Waals surface area contributed by atoms with E-state index in [0.717, 1.165) is 29.1 Å². The van der Waals surface area contributed by atoms with Gasteiger partial charge in [-0.1, -0.05) is 19.9 Å². The SMILES string of the molecule is CC(=O)Nc1cccc(NC(=O)Cc2c(C)nn(CC(C)C)c2C)c1C. The van der Waals surface area contributed by atoms with Crippen molar-refractivity contribution >= 4 is 23.2 Å². The molecule has 2 amide bonds. The number of aryl methyl sites for hydroxylation is 1. The summed E-state index contributed by atoms with van der Waals surface area (Å²) in [5, 5.41) is 10.3. The van der Waals surface area contributed by atoms with Gasteiger partial charge in [0, 0.05) is 36.1 Å². The molecule has 0 radical (unpaired) electrons. The fourth-order valence-corrected chi connectivity index (χ4v) is 2.96. The molecule has 1 aromatic carbocycles. The van der Waals surface area contributed by atoms with Gasteiger partial charge in [0.1, 0.15) is 0 Å². The zero-order valence-electron chi connectivity index (χ0n) is 16.4. The van der Waals surface area contributed by atoms with Crippen LogP contribution in [0.3, 0.4) is 0 Å². The van der Waals surface area contributed by atoms with E-state index >= 15 is 0 Å². The van der Waals surface area contributed by atoms with Crippen molar-refractivity contribution in [2.45, 2.75) is 54.5 Å². The van der Waals surface area contributed by atoms with Gasteiger partial charge in [-0.2, -0.15) is 5.10 Å². The summed E-state index contributed by atoms with van der Waals surface area (Å²) in [4.78, 5) is 23.9. The number of nitrogens with one attached hydrogen (secondary N) is 2. The Morgan fingerprint density at radius 3 is 2.31 bits per heavy atom. The number of carbonyl (C=O) groups is 2. The van der Waals surface area contributed by atoms with Gasteiger partial charge in [-0.05, 0) is 44.4 Å². The Kier molecular flexibility index (Phi) is 6.18. The Hall–Kier alpha value is -2.63. The number of benzene rings is 1. The molecule has 0 atom stereocenters. The van der Waals surface area contributed by atoms with Crippen LogP contribution in [-0.2, 0) is 22.6 Å². The van der Waals surface area contributed by atoms with Gasteiger partial charge in [-0.15, -0.1) is 0 Å². The van der Waals surface area contributed by atoms with Crippen LogP contribution in [0.2, 0.25) is 0 Å². The first-order chi connectivity index (χ1) is 12.2. The highest BCUT2D eigenvalue weighted by molar-refractivity contribution is 5.96. The van der Waals surface area contributed by atoms with Crippen LogP contribution >= 0.6 is 0 Å². The number of aromatic nitrogens is 2. The quantitative estimate of drug-likeness (QED) is 0.830. The summed E-state index contributed by atoms with van der Waals surface area (Å²) in [7, 11) is 0. The van der Waals surface area contributed by atoms with Gasteiger partial charge in [0.25, 0.3) is 0 Å². The number of carbonyl (C=O) groups excluding carboxylic acids is 2. The normalized spacial score (nSPS) is 10.9. The first-order valence-electron chi connectivity index (χ1n) is 8.89. The van der Waals surface area contributed by atoms with Gasteiger partial charge >= 0.3 is 0 Å². The van der Waals surface area contributed by atoms with Crippen LogP contribution in [0.25, 0.3) is 0 Å². The van der Waals surface area contributed by atoms with Gasteiger partial charge in [-0.25, -0.2) is 0 Å². The van der Waals surface area contributed by atoms with Crippen molar-refractivity contribution < 1.29 is 9.59 Å². The van der Waals surface area contributed by atoms with E-state index < -0.39 is 0 Å². The van der Waals surface area contributed by atoms with Crippen molar-refractivity contribution in [3.63, 3.8) is 0 Å². The standard InChI is InChI=1S/C20H28N4O2/c1-12(2)11-24-15(5)17(14(4)23-24)10-20(26)22-19-9-7-8-18(13(19)3)21-16(6)25/h7-9,12H,10-11H2,1-6H3,(H,21,25)(H,22,26). The van der Waals surface area contributed by atoms with Crippen molar-refractivity contribution in [3.8, 4) is 0 Å². The summed E-state index contributed by atoms with van der Waals surface area (Å²) in [6.07, 6.45) is 0.277. The smallest absolute Gasteiger partial charge is 0.228 e. The van der Waals surface area contributed by atoms with E-state index in [1.54, 1.807) is 0 Å². The lowest BCUT2D eigenvalue weighted by molar-refractivity contribution is -0.116. The van der Waals surface area contributed by atoms with Gasteiger partial charge in [0.2, 0.25) is 11.8 Å². The van der Waals surface area contributed by atoms with E-state index in [1.807, 2.05) is 43.7 Å². The molecule has 140 valence electrons. The Labute approximate surface area is 155 Å². The molecule has 0 unspecified atom stereocenters. The summed E-state index contributed by atoms with van der Waals surface area (Å²) < 4.78 is 1.98. The molecule has 0 bridgehead atoms. The molecule has 0 spiro atoms. The first kappa shape index (κ1) is 19.7. The maximum atomic E-state index is 12.6. The Morgan fingerprint density at radius 1 is 1.12 bits per heavy atom. The highest BCUT2D eigenvalue weighted by atomic mass is 16.2. The topological polar surface area (TPSA) is 76.0 Å². The van der Waals surface area contributed by atoms with E-state index in [2.05, 4.69) is 29.6 Å². The number of rotatable bonds is 6. The zero-order valence-corrected chi connectivity index (χ0v) is 16.4. The van der Waals surface area contributed by atoms with Crippen LogP contribution < -0.4 is 10.6 Å². The second-order valence-corrected chi connectivity index (χ2v) is 7.11. The van der Waals surface area contributed by atoms with Gasteiger partial charge < -0.3 is 10.6 Å². The second kappa shape index (κ2) is 8.17. The molecule has 0 aliphatic rings. The minimum Gasteiger partial charge on any atom is -0.326 e. The van der Waals surface area contributed by atoms with Gasteiger partial charge in [-0.3, -0.25) is 14.3 Å². The molecule has 26 heavy (non-hydrogen) atoms. The van der Waals surface area contributed by atoms with Crippen LogP contribution in [0.1, 0.15) is 43.3 Å². The highest BCUT2D eigenvalue weighted by Crippen LogP contribution is 2.24. The van der Waals surface area contributed by atoms with Crippen LogP contribution in [0.5, 0.6) is 0 Å². The molecule has 6 heteroatoms. The predicted molar refractivity (Wildman–Crippen MR) is 104 cm³/mol. The van der Waals surface area contributed by atoms with E-state index in [-0.39, 0.29) is 18.2 Å². The lowest BCUT2D eigenvalue weighted by Crippen LogP contribution is -2.17. The largest absolute Gasteiger partial charge is 0.326 e. The van der Waals surface area contributed by atoms with Gasteiger partial charge in [0.15, 0.2) is 0 Å². The second-order valence-electron chi connectivity index (χ2n) is 7.11. The minimum absolute atomic E-state index is 0.0941. The zero-order chi connectivity index (χ0) is 19.4. The molecule has 1 heterocycles. The number of hydrogen-bond donors (Lipinski definition) is 2. The average Bonchev–Trinajstić information content (AvgIpc) is 2.78. The van der Waals surface area contributed by atoms with Crippen molar-refractivity contribution in [1.82, 2.24) is 9.78 Å². The molecular formula is C20H28N4O2. The summed E-state index contributed by atoms with van der Waals surface area (Å²) >= 11 is 0. The third-order valence-corrected chi connectivity index (χ3v) is 4.33. The molecule has 0 saturated heterocycles. The fourth-order valence-electron chi connectivity index (χ4n) is 2.96. The maximum absolute atomic E-state index is 12.6. The van der Waals surface area contributed by atoms with Crippen molar-refractivity contribution in [2.24, 2.45) is 5.92 Å².